The van der Waals surface area contributed by atoms with Gasteiger partial charge < -0.3 is 10.5 Å². The molecule has 0 aliphatic rings. The zero-order valence-electron chi connectivity index (χ0n) is 9.00. The number of nitrogens with zero attached hydrogens (tertiary/aromatic N) is 2. The summed E-state index contributed by atoms with van der Waals surface area (Å²) in [7, 11) is 0. The summed E-state index contributed by atoms with van der Waals surface area (Å²) in [5.41, 5.74) is 7.65. The molecule has 0 aromatic carbocycles. The number of ether oxygens (including phenoxy) is 1. The molecule has 0 saturated heterocycles. The first-order valence-electron chi connectivity index (χ1n) is 4.82. The molecule has 2 N–H and O–H groups in total. The van der Waals surface area contributed by atoms with E-state index in [1.807, 2.05) is 20.8 Å². The van der Waals surface area contributed by atoms with E-state index in [1.54, 1.807) is 0 Å². The van der Waals surface area contributed by atoms with Gasteiger partial charge in [-0.15, -0.1) is 0 Å². The van der Waals surface area contributed by atoms with Crippen LogP contribution in [0.5, 0.6) is 0 Å². The second kappa shape index (κ2) is 4.91. The van der Waals surface area contributed by atoms with Gasteiger partial charge in [0.05, 0.1) is 6.61 Å². The van der Waals surface area contributed by atoms with Crippen molar-refractivity contribution in [3.63, 3.8) is 0 Å². The van der Waals surface area contributed by atoms with E-state index in [1.165, 1.54) is 0 Å². The van der Waals surface area contributed by atoms with Crippen LogP contribution in [-0.4, -0.2) is 23.2 Å². The highest BCUT2D eigenvalue weighted by molar-refractivity contribution is 5.40. The molecule has 0 atom stereocenters. The Morgan fingerprint density at radius 2 is 2.00 bits per heavy atom. The van der Waals surface area contributed by atoms with E-state index in [0.29, 0.717) is 12.4 Å². The third-order valence-electron chi connectivity index (χ3n) is 2.15. The zero-order chi connectivity index (χ0) is 10.6. The molecule has 0 aliphatic carbocycles. The molecule has 4 heteroatoms. The highest BCUT2D eigenvalue weighted by Gasteiger charge is 2.04. The van der Waals surface area contributed by atoms with Crippen molar-refractivity contribution in [2.75, 3.05) is 18.9 Å². The maximum Gasteiger partial charge on any atom is 0.133 e. The van der Waals surface area contributed by atoms with Crippen LogP contribution in [0.25, 0.3) is 0 Å². The van der Waals surface area contributed by atoms with Gasteiger partial charge in [-0.05, 0) is 20.8 Å². The minimum Gasteiger partial charge on any atom is -0.383 e. The number of nitrogen functional groups attached to an aromatic ring is 1. The molecule has 0 fully saturated rings. The molecule has 1 heterocycles. The average molecular weight is 195 g/mol. The van der Waals surface area contributed by atoms with Crippen molar-refractivity contribution in [1.29, 1.82) is 0 Å². The lowest BCUT2D eigenvalue weighted by Crippen LogP contribution is -2.07. The molecular weight excluding hydrogens is 178 g/mol. The monoisotopic (exact) mass is 195 g/mol. The standard InChI is InChI=1S/C10H17N3O/c1-4-14-6-5-9-12-8(3)7(2)10(11)13-9/h4-6H2,1-3H3,(H2,11,12,13). The number of nitrogens with two attached hydrogens (primary N) is 1. The molecule has 0 spiro atoms. The smallest absolute Gasteiger partial charge is 0.133 e. The van der Waals surface area contributed by atoms with E-state index in [4.69, 9.17) is 10.5 Å². The van der Waals surface area contributed by atoms with E-state index in [-0.39, 0.29) is 0 Å². The van der Waals surface area contributed by atoms with E-state index < -0.39 is 0 Å². The Morgan fingerprint density at radius 1 is 1.29 bits per heavy atom. The Hall–Kier alpha value is -1.16. The van der Waals surface area contributed by atoms with Crippen LogP contribution in [-0.2, 0) is 11.2 Å². The molecule has 78 valence electrons. The number of hydrogen-bond acceptors (Lipinski definition) is 4. The Morgan fingerprint density at radius 3 is 2.57 bits per heavy atom. The van der Waals surface area contributed by atoms with Crippen LogP contribution in [0.15, 0.2) is 0 Å². The van der Waals surface area contributed by atoms with Gasteiger partial charge in [-0.3, -0.25) is 0 Å². The van der Waals surface area contributed by atoms with Crippen LogP contribution in [0.2, 0.25) is 0 Å². The second-order valence-corrected chi connectivity index (χ2v) is 3.18. The van der Waals surface area contributed by atoms with Crippen LogP contribution in [0.4, 0.5) is 5.82 Å². The third-order valence-corrected chi connectivity index (χ3v) is 2.15. The van der Waals surface area contributed by atoms with Crippen molar-refractivity contribution >= 4 is 5.82 Å². The Bertz CT molecular complexity index is 289. The lowest BCUT2D eigenvalue weighted by atomic mass is 10.2. The predicted molar refractivity (Wildman–Crippen MR) is 56.1 cm³/mol. The maximum absolute atomic E-state index is 5.73. The molecule has 0 amide bonds. The fourth-order valence-corrected chi connectivity index (χ4v) is 1.13. The molecule has 0 unspecified atom stereocenters. The van der Waals surface area contributed by atoms with E-state index in [0.717, 1.165) is 30.1 Å². The van der Waals surface area contributed by atoms with Gasteiger partial charge in [0, 0.05) is 24.3 Å². The quantitative estimate of drug-likeness (QED) is 0.735. The number of anilines is 1. The summed E-state index contributed by atoms with van der Waals surface area (Å²) in [5.74, 6) is 1.34. The first kappa shape index (κ1) is 10.9. The van der Waals surface area contributed by atoms with Crippen molar-refractivity contribution in [2.45, 2.75) is 27.2 Å². The molecule has 1 aromatic rings. The van der Waals surface area contributed by atoms with Crippen molar-refractivity contribution in [1.82, 2.24) is 9.97 Å². The molecular formula is C10H17N3O. The summed E-state index contributed by atoms with van der Waals surface area (Å²) in [6.07, 6.45) is 0.721. The molecule has 1 rings (SSSR count). The van der Waals surface area contributed by atoms with Crippen LogP contribution in [0, 0.1) is 13.8 Å². The molecule has 1 aromatic heterocycles. The first-order valence-corrected chi connectivity index (χ1v) is 4.82. The SMILES string of the molecule is CCOCCc1nc(C)c(C)c(N)n1. The summed E-state index contributed by atoms with van der Waals surface area (Å²) in [6.45, 7) is 7.21. The van der Waals surface area contributed by atoms with E-state index >= 15 is 0 Å². The van der Waals surface area contributed by atoms with Crippen LogP contribution in [0.1, 0.15) is 24.0 Å². The lowest BCUT2D eigenvalue weighted by Gasteiger charge is -2.06. The zero-order valence-corrected chi connectivity index (χ0v) is 9.00. The fourth-order valence-electron chi connectivity index (χ4n) is 1.13. The van der Waals surface area contributed by atoms with Gasteiger partial charge >= 0.3 is 0 Å². The Kier molecular flexibility index (Phi) is 3.83. The predicted octanol–water partition coefficient (Wildman–Crippen LogP) is 1.25. The third kappa shape index (κ3) is 2.67. The van der Waals surface area contributed by atoms with Crippen molar-refractivity contribution < 1.29 is 4.74 Å². The minimum absolute atomic E-state index is 0.573. The minimum atomic E-state index is 0.573. The Labute approximate surface area is 84.5 Å². The van der Waals surface area contributed by atoms with Crippen molar-refractivity contribution in [2.24, 2.45) is 0 Å². The second-order valence-electron chi connectivity index (χ2n) is 3.18. The highest BCUT2D eigenvalue weighted by atomic mass is 16.5. The molecule has 14 heavy (non-hydrogen) atoms. The average Bonchev–Trinajstić information content (AvgIpc) is 2.14. The molecule has 0 aliphatic heterocycles. The van der Waals surface area contributed by atoms with Gasteiger partial charge in [-0.2, -0.15) is 0 Å². The fraction of sp³-hybridized carbons (Fsp3) is 0.600. The number of rotatable bonds is 4. The van der Waals surface area contributed by atoms with Crippen LogP contribution >= 0.6 is 0 Å². The first-order chi connectivity index (χ1) is 6.65. The topological polar surface area (TPSA) is 61.0 Å². The molecule has 0 saturated carbocycles. The summed E-state index contributed by atoms with van der Waals surface area (Å²) in [6, 6.07) is 0. The van der Waals surface area contributed by atoms with Crippen molar-refractivity contribution in [3.8, 4) is 0 Å². The van der Waals surface area contributed by atoms with Gasteiger partial charge in [0.15, 0.2) is 0 Å². The summed E-state index contributed by atoms with van der Waals surface area (Å²) >= 11 is 0. The van der Waals surface area contributed by atoms with E-state index in [2.05, 4.69) is 9.97 Å². The summed E-state index contributed by atoms with van der Waals surface area (Å²) < 4.78 is 5.23. The largest absolute Gasteiger partial charge is 0.383 e. The van der Waals surface area contributed by atoms with Crippen LogP contribution in [0.3, 0.4) is 0 Å². The molecule has 0 radical (unpaired) electrons. The number of aromatic nitrogens is 2. The van der Waals surface area contributed by atoms with Crippen molar-refractivity contribution in [3.05, 3.63) is 17.1 Å². The van der Waals surface area contributed by atoms with Gasteiger partial charge in [-0.25, -0.2) is 9.97 Å². The van der Waals surface area contributed by atoms with Gasteiger partial charge in [0.2, 0.25) is 0 Å². The Balaban J connectivity index is 2.69. The normalized spacial score (nSPS) is 10.5. The summed E-state index contributed by atoms with van der Waals surface area (Å²) in [5, 5.41) is 0. The molecule has 0 bridgehead atoms. The van der Waals surface area contributed by atoms with E-state index in [9.17, 15) is 0 Å². The number of hydrogen-bond donors (Lipinski definition) is 1. The van der Waals surface area contributed by atoms with Gasteiger partial charge in [0.1, 0.15) is 11.6 Å². The highest BCUT2D eigenvalue weighted by Crippen LogP contribution is 2.10. The van der Waals surface area contributed by atoms with Crippen LogP contribution < -0.4 is 5.73 Å². The molecule has 4 nitrogen and oxygen atoms in total. The summed E-state index contributed by atoms with van der Waals surface area (Å²) in [4.78, 5) is 8.53. The maximum atomic E-state index is 5.73. The number of aryl methyl sites for hydroxylation is 1. The van der Waals surface area contributed by atoms with Gasteiger partial charge in [0.25, 0.3) is 0 Å². The van der Waals surface area contributed by atoms with Gasteiger partial charge in [-0.1, -0.05) is 0 Å². The lowest BCUT2D eigenvalue weighted by molar-refractivity contribution is 0.149.